The Labute approximate surface area is 139 Å². The molecular weight excluding hydrogens is 329 g/mol. The number of benzene rings is 1. The van der Waals surface area contributed by atoms with E-state index in [9.17, 15) is 9.90 Å². The molecule has 1 aromatic carbocycles. The van der Waals surface area contributed by atoms with Crippen molar-refractivity contribution in [3.63, 3.8) is 0 Å². The van der Waals surface area contributed by atoms with Crippen molar-refractivity contribution in [1.82, 2.24) is 4.90 Å². The van der Waals surface area contributed by atoms with Gasteiger partial charge in [-0.15, -0.1) is 11.8 Å². The Hall–Kier alpha value is -0.420. The van der Waals surface area contributed by atoms with E-state index in [0.717, 1.165) is 37.1 Å². The number of nitrogens with zero attached hydrogens (tertiary/aromatic N) is 1. The summed E-state index contributed by atoms with van der Waals surface area (Å²) in [5.41, 5.74) is 0. The third-order valence-corrected chi connectivity index (χ3v) is 5.37. The van der Waals surface area contributed by atoms with Crippen molar-refractivity contribution in [1.29, 1.82) is 0 Å². The molecule has 1 aliphatic heterocycles. The van der Waals surface area contributed by atoms with E-state index in [-0.39, 0.29) is 18.6 Å². The van der Waals surface area contributed by atoms with E-state index < -0.39 is 0 Å². The number of carbonyl (C=O) groups is 1. The molecule has 3 nitrogen and oxygen atoms in total. The molecule has 1 amide bonds. The molecule has 0 spiro atoms. The molecule has 0 aliphatic carbocycles. The van der Waals surface area contributed by atoms with E-state index in [1.54, 1.807) is 18.2 Å². The van der Waals surface area contributed by atoms with Crippen molar-refractivity contribution in [3.8, 4) is 0 Å². The highest BCUT2D eigenvalue weighted by Gasteiger charge is 2.24. The van der Waals surface area contributed by atoms with Crippen molar-refractivity contribution in [2.24, 2.45) is 0 Å². The molecule has 6 heteroatoms. The van der Waals surface area contributed by atoms with Gasteiger partial charge in [-0.2, -0.15) is 0 Å². The Morgan fingerprint density at radius 3 is 2.90 bits per heavy atom. The first kappa shape index (κ1) is 16.9. The van der Waals surface area contributed by atoms with Gasteiger partial charge in [0.2, 0.25) is 5.91 Å². The summed E-state index contributed by atoms with van der Waals surface area (Å²) < 4.78 is 0. The average molecular weight is 348 g/mol. The maximum atomic E-state index is 12.4. The zero-order valence-corrected chi connectivity index (χ0v) is 14.1. The minimum atomic E-state index is -0.0459. The van der Waals surface area contributed by atoms with E-state index in [1.165, 1.54) is 11.8 Å². The summed E-state index contributed by atoms with van der Waals surface area (Å²) in [4.78, 5) is 15.0. The minimum Gasteiger partial charge on any atom is -0.394 e. The van der Waals surface area contributed by atoms with Crippen molar-refractivity contribution < 1.29 is 9.90 Å². The van der Waals surface area contributed by atoms with Gasteiger partial charge >= 0.3 is 0 Å². The number of likely N-dealkylation sites (tertiary alicyclic amines) is 1. The average Bonchev–Trinajstić information content (AvgIpc) is 2.73. The van der Waals surface area contributed by atoms with Gasteiger partial charge in [0, 0.05) is 16.5 Å². The molecule has 0 aromatic heterocycles. The number of aliphatic hydroxyl groups excluding tert-OH is 1. The normalized spacial score (nSPS) is 19.4. The molecule has 1 heterocycles. The molecule has 2 rings (SSSR count). The van der Waals surface area contributed by atoms with Crippen LogP contribution in [-0.4, -0.2) is 40.9 Å². The van der Waals surface area contributed by atoms with Gasteiger partial charge in [0.05, 0.1) is 23.4 Å². The number of carbonyl (C=O) groups excluding carboxylic acids is 1. The lowest BCUT2D eigenvalue weighted by molar-refractivity contribution is -0.131. The summed E-state index contributed by atoms with van der Waals surface area (Å²) >= 11 is 13.4. The molecule has 1 aromatic rings. The first-order chi connectivity index (χ1) is 10.1. The van der Waals surface area contributed by atoms with Crippen molar-refractivity contribution in [3.05, 3.63) is 28.2 Å². The van der Waals surface area contributed by atoms with E-state index in [4.69, 9.17) is 23.2 Å². The predicted octanol–water partition coefficient (Wildman–Crippen LogP) is 3.85. The summed E-state index contributed by atoms with van der Waals surface area (Å²) in [6.07, 6.45) is 4.07. The third kappa shape index (κ3) is 4.78. The van der Waals surface area contributed by atoms with Crippen LogP contribution < -0.4 is 0 Å². The highest BCUT2D eigenvalue weighted by molar-refractivity contribution is 8.00. The number of aliphatic hydroxyl groups is 1. The van der Waals surface area contributed by atoms with Crippen molar-refractivity contribution >= 4 is 40.9 Å². The Morgan fingerprint density at radius 2 is 2.14 bits per heavy atom. The largest absolute Gasteiger partial charge is 0.394 e. The van der Waals surface area contributed by atoms with Crippen LogP contribution in [0.2, 0.25) is 10.0 Å². The van der Waals surface area contributed by atoms with E-state index in [0.29, 0.717) is 15.8 Å². The van der Waals surface area contributed by atoms with Gasteiger partial charge in [-0.1, -0.05) is 36.0 Å². The Bertz CT molecular complexity index is 499. The van der Waals surface area contributed by atoms with Crippen LogP contribution in [0.5, 0.6) is 0 Å². The third-order valence-electron chi connectivity index (χ3n) is 3.65. The van der Waals surface area contributed by atoms with Gasteiger partial charge in [0.15, 0.2) is 0 Å². The zero-order valence-electron chi connectivity index (χ0n) is 11.7. The quantitative estimate of drug-likeness (QED) is 0.841. The van der Waals surface area contributed by atoms with Gasteiger partial charge in [0.1, 0.15) is 0 Å². The van der Waals surface area contributed by atoms with Crippen LogP contribution >= 0.6 is 35.0 Å². The van der Waals surface area contributed by atoms with Crippen LogP contribution in [0.4, 0.5) is 0 Å². The lowest BCUT2D eigenvalue weighted by Crippen LogP contribution is -2.43. The molecule has 0 radical (unpaired) electrons. The topological polar surface area (TPSA) is 40.5 Å². The van der Waals surface area contributed by atoms with Gasteiger partial charge < -0.3 is 10.0 Å². The first-order valence-electron chi connectivity index (χ1n) is 7.10. The van der Waals surface area contributed by atoms with Crippen LogP contribution in [0.25, 0.3) is 0 Å². The fourth-order valence-corrected chi connectivity index (χ4v) is 3.88. The second-order valence-electron chi connectivity index (χ2n) is 5.14. The summed E-state index contributed by atoms with van der Waals surface area (Å²) in [5.74, 6) is 0.369. The number of halogens is 2. The lowest BCUT2D eigenvalue weighted by Gasteiger charge is -2.28. The zero-order chi connectivity index (χ0) is 15.2. The fraction of sp³-hybridized carbons (Fsp3) is 0.533. The highest BCUT2D eigenvalue weighted by Crippen LogP contribution is 2.30. The Balaban J connectivity index is 1.98. The second-order valence-corrected chi connectivity index (χ2v) is 7.00. The second kappa shape index (κ2) is 8.28. The number of thioether (sulfide) groups is 1. The summed E-state index contributed by atoms with van der Waals surface area (Å²) in [7, 11) is 0. The SMILES string of the molecule is O=C(CSc1cc(Cl)ccc1Cl)N1CCCCCC1CO. The van der Waals surface area contributed by atoms with Gasteiger partial charge in [-0.3, -0.25) is 4.79 Å². The molecule has 21 heavy (non-hydrogen) atoms. The van der Waals surface area contributed by atoms with Gasteiger partial charge in [0.25, 0.3) is 0 Å². The fourth-order valence-electron chi connectivity index (χ4n) is 2.51. The van der Waals surface area contributed by atoms with E-state index >= 15 is 0 Å². The monoisotopic (exact) mass is 347 g/mol. The number of rotatable bonds is 4. The van der Waals surface area contributed by atoms with Crippen LogP contribution in [0.1, 0.15) is 25.7 Å². The van der Waals surface area contributed by atoms with Crippen LogP contribution in [0, 0.1) is 0 Å². The van der Waals surface area contributed by atoms with E-state index in [1.807, 2.05) is 4.90 Å². The van der Waals surface area contributed by atoms with Crippen LogP contribution in [0.15, 0.2) is 23.1 Å². The summed E-state index contributed by atoms with van der Waals surface area (Å²) in [6, 6.07) is 5.19. The molecule has 0 saturated carbocycles. The minimum absolute atomic E-state index is 0.0360. The first-order valence-corrected chi connectivity index (χ1v) is 8.84. The van der Waals surface area contributed by atoms with Crippen LogP contribution in [0.3, 0.4) is 0 Å². The predicted molar refractivity (Wildman–Crippen MR) is 88.2 cm³/mol. The molecule has 1 atom stereocenters. The molecule has 1 fully saturated rings. The molecule has 1 N–H and O–H groups in total. The number of hydrogen-bond donors (Lipinski definition) is 1. The van der Waals surface area contributed by atoms with E-state index in [2.05, 4.69) is 0 Å². The number of amides is 1. The van der Waals surface area contributed by atoms with Crippen molar-refractivity contribution in [2.75, 3.05) is 18.9 Å². The molecular formula is C15H19Cl2NO2S. The Kier molecular flexibility index (Phi) is 6.68. The van der Waals surface area contributed by atoms with Crippen LogP contribution in [-0.2, 0) is 4.79 Å². The van der Waals surface area contributed by atoms with Crippen molar-refractivity contribution in [2.45, 2.75) is 36.6 Å². The van der Waals surface area contributed by atoms with Gasteiger partial charge in [-0.05, 0) is 31.0 Å². The summed E-state index contributed by atoms with van der Waals surface area (Å²) in [5, 5.41) is 10.7. The van der Waals surface area contributed by atoms with Gasteiger partial charge in [-0.25, -0.2) is 0 Å². The standard InChI is InChI=1S/C15H19Cl2NO2S/c16-11-5-6-13(17)14(8-11)21-10-15(20)18-7-3-1-2-4-12(18)9-19/h5-6,8,12,19H,1-4,7,9-10H2. The summed E-state index contributed by atoms with van der Waals surface area (Å²) in [6.45, 7) is 0.766. The smallest absolute Gasteiger partial charge is 0.233 e. The molecule has 1 saturated heterocycles. The molecule has 116 valence electrons. The Morgan fingerprint density at radius 1 is 1.33 bits per heavy atom. The molecule has 1 aliphatic rings. The lowest BCUT2D eigenvalue weighted by atomic mass is 10.1. The maximum Gasteiger partial charge on any atom is 0.233 e. The maximum absolute atomic E-state index is 12.4. The molecule has 0 bridgehead atoms. The number of hydrogen-bond acceptors (Lipinski definition) is 3. The highest BCUT2D eigenvalue weighted by atomic mass is 35.5. The molecule has 1 unspecified atom stereocenters.